The maximum Gasteiger partial charge on any atom is 0.226 e. The number of sulfone groups is 1. The van der Waals surface area contributed by atoms with Gasteiger partial charge in [0.2, 0.25) is 5.91 Å². The van der Waals surface area contributed by atoms with E-state index in [9.17, 15) is 18.3 Å². The molecular formula is C10H19NO4S. The summed E-state index contributed by atoms with van der Waals surface area (Å²) in [5.74, 6) is -0.581. The minimum absolute atomic E-state index is 0.0535. The summed E-state index contributed by atoms with van der Waals surface area (Å²) in [4.78, 5) is 13.3. The quantitative estimate of drug-likeness (QED) is 0.742. The summed E-state index contributed by atoms with van der Waals surface area (Å²) in [5.41, 5.74) is -0.956. The molecule has 16 heavy (non-hydrogen) atoms. The molecule has 1 amide bonds. The first-order valence-electron chi connectivity index (χ1n) is 5.28. The minimum Gasteiger partial charge on any atom is -0.389 e. The summed E-state index contributed by atoms with van der Waals surface area (Å²) >= 11 is 0. The van der Waals surface area contributed by atoms with Gasteiger partial charge in [-0.15, -0.1) is 0 Å². The molecule has 0 aromatic carbocycles. The van der Waals surface area contributed by atoms with Gasteiger partial charge in [-0.25, -0.2) is 8.42 Å². The van der Waals surface area contributed by atoms with Gasteiger partial charge in [0.05, 0.1) is 23.0 Å². The molecule has 6 heteroatoms. The van der Waals surface area contributed by atoms with Crippen LogP contribution in [0.1, 0.15) is 20.3 Å². The predicted octanol–water partition coefficient (Wildman–Crippen LogP) is -0.350. The van der Waals surface area contributed by atoms with Crippen LogP contribution in [0.3, 0.4) is 0 Å². The van der Waals surface area contributed by atoms with Gasteiger partial charge in [0.1, 0.15) is 0 Å². The molecule has 1 heterocycles. The standard InChI is InChI=1S/C10H19NO4S/c1-10(2,13)7-11(3)9(12)8-4-5-16(14,15)6-8/h8,13H,4-7H2,1-3H3. The van der Waals surface area contributed by atoms with E-state index in [0.717, 1.165) is 0 Å². The molecule has 0 radical (unpaired) electrons. The second-order valence-corrected chi connectivity index (χ2v) is 7.34. The first-order valence-corrected chi connectivity index (χ1v) is 7.11. The highest BCUT2D eigenvalue weighted by Crippen LogP contribution is 2.20. The molecule has 0 aliphatic carbocycles. The van der Waals surface area contributed by atoms with Crippen LogP contribution >= 0.6 is 0 Å². The second-order valence-electron chi connectivity index (χ2n) is 5.11. The second kappa shape index (κ2) is 4.33. The number of rotatable bonds is 3. The van der Waals surface area contributed by atoms with E-state index in [-0.39, 0.29) is 24.0 Å². The van der Waals surface area contributed by atoms with E-state index in [0.29, 0.717) is 6.42 Å². The normalized spacial score (nSPS) is 24.4. The number of carbonyl (C=O) groups excluding carboxylic acids is 1. The van der Waals surface area contributed by atoms with Crippen LogP contribution in [0.4, 0.5) is 0 Å². The third-order valence-electron chi connectivity index (χ3n) is 2.58. The lowest BCUT2D eigenvalue weighted by Crippen LogP contribution is -2.42. The molecule has 1 atom stereocenters. The van der Waals surface area contributed by atoms with E-state index in [2.05, 4.69) is 0 Å². The Morgan fingerprint density at radius 3 is 2.44 bits per heavy atom. The first kappa shape index (κ1) is 13.4. The Labute approximate surface area is 96.4 Å². The number of hydrogen-bond donors (Lipinski definition) is 1. The summed E-state index contributed by atoms with van der Waals surface area (Å²) < 4.78 is 22.5. The molecular weight excluding hydrogens is 230 g/mol. The molecule has 0 aromatic heterocycles. The van der Waals surface area contributed by atoms with Crippen LogP contribution in [0.2, 0.25) is 0 Å². The van der Waals surface area contributed by atoms with Crippen LogP contribution in [-0.2, 0) is 14.6 Å². The summed E-state index contributed by atoms with van der Waals surface area (Å²) in [5, 5.41) is 9.57. The van der Waals surface area contributed by atoms with E-state index in [1.807, 2.05) is 0 Å². The number of carbonyl (C=O) groups is 1. The molecule has 5 nitrogen and oxygen atoms in total. The Morgan fingerprint density at radius 1 is 1.50 bits per heavy atom. The fraction of sp³-hybridized carbons (Fsp3) is 0.900. The zero-order chi connectivity index (χ0) is 12.6. The summed E-state index contributed by atoms with van der Waals surface area (Å²) in [6.07, 6.45) is 0.400. The lowest BCUT2D eigenvalue weighted by molar-refractivity contribution is -0.136. The molecule has 1 unspecified atom stereocenters. The van der Waals surface area contributed by atoms with Crippen LogP contribution in [0.5, 0.6) is 0 Å². The maximum absolute atomic E-state index is 11.9. The molecule has 0 saturated carbocycles. The fourth-order valence-corrected chi connectivity index (χ4v) is 3.69. The zero-order valence-electron chi connectivity index (χ0n) is 9.93. The highest BCUT2D eigenvalue weighted by atomic mass is 32.2. The molecule has 0 bridgehead atoms. The Bertz CT molecular complexity index is 369. The molecule has 0 spiro atoms. The van der Waals surface area contributed by atoms with Crippen molar-refractivity contribution >= 4 is 15.7 Å². The third kappa shape index (κ3) is 3.75. The summed E-state index contributed by atoms with van der Waals surface area (Å²) in [6.45, 7) is 3.44. The van der Waals surface area contributed by atoms with Crippen molar-refractivity contribution in [1.29, 1.82) is 0 Å². The van der Waals surface area contributed by atoms with Gasteiger partial charge < -0.3 is 10.0 Å². The van der Waals surface area contributed by atoms with Crippen molar-refractivity contribution in [1.82, 2.24) is 4.90 Å². The zero-order valence-corrected chi connectivity index (χ0v) is 10.7. The van der Waals surface area contributed by atoms with Gasteiger partial charge in [-0.05, 0) is 20.3 Å². The van der Waals surface area contributed by atoms with Crippen LogP contribution in [-0.4, -0.2) is 55.0 Å². The Balaban J connectivity index is 2.59. The van der Waals surface area contributed by atoms with E-state index in [4.69, 9.17) is 0 Å². The van der Waals surface area contributed by atoms with Crippen molar-refractivity contribution in [3.8, 4) is 0 Å². The maximum atomic E-state index is 11.9. The smallest absolute Gasteiger partial charge is 0.226 e. The fourth-order valence-electron chi connectivity index (χ4n) is 1.96. The van der Waals surface area contributed by atoms with E-state index < -0.39 is 21.4 Å². The SMILES string of the molecule is CN(CC(C)(C)O)C(=O)C1CCS(=O)(=O)C1. The molecule has 94 valence electrons. The minimum atomic E-state index is -3.03. The van der Waals surface area contributed by atoms with Crippen molar-refractivity contribution in [2.24, 2.45) is 5.92 Å². The van der Waals surface area contributed by atoms with Crippen molar-refractivity contribution in [3.05, 3.63) is 0 Å². The largest absolute Gasteiger partial charge is 0.389 e. The highest BCUT2D eigenvalue weighted by Gasteiger charge is 2.35. The van der Waals surface area contributed by atoms with Gasteiger partial charge in [-0.3, -0.25) is 4.79 Å². The van der Waals surface area contributed by atoms with E-state index >= 15 is 0 Å². The molecule has 1 fully saturated rings. The highest BCUT2D eigenvalue weighted by molar-refractivity contribution is 7.91. The summed E-state index contributed by atoms with van der Waals surface area (Å²) in [6, 6.07) is 0. The lowest BCUT2D eigenvalue weighted by Gasteiger charge is -2.27. The average molecular weight is 249 g/mol. The Kier molecular flexibility index (Phi) is 3.64. The van der Waals surface area contributed by atoms with Crippen molar-refractivity contribution in [2.75, 3.05) is 25.1 Å². The van der Waals surface area contributed by atoms with E-state index in [1.54, 1.807) is 20.9 Å². The van der Waals surface area contributed by atoms with Gasteiger partial charge >= 0.3 is 0 Å². The number of aliphatic hydroxyl groups is 1. The van der Waals surface area contributed by atoms with Crippen LogP contribution in [0.25, 0.3) is 0 Å². The molecule has 1 aliphatic rings. The monoisotopic (exact) mass is 249 g/mol. The van der Waals surface area contributed by atoms with Gasteiger partial charge in [0.15, 0.2) is 9.84 Å². The molecule has 0 aromatic rings. The van der Waals surface area contributed by atoms with Crippen LogP contribution < -0.4 is 0 Å². The molecule has 1 saturated heterocycles. The number of likely N-dealkylation sites (N-methyl/N-ethyl adjacent to an activating group) is 1. The van der Waals surface area contributed by atoms with E-state index in [1.165, 1.54) is 4.90 Å². The van der Waals surface area contributed by atoms with Gasteiger partial charge in [0, 0.05) is 13.6 Å². The van der Waals surface area contributed by atoms with Crippen LogP contribution in [0, 0.1) is 5.92 Å². The van der Waals surface area contributed by atoms with Crippen LogP contribution in [0.15, 0.2) is 0 Å². The topological polar surface area (TPSA) is 74.7 Å². The van der Waals surface area contributed by atoms with Crippen molar-refractivity contribution in [2.45, 2.75) is 25.9 Å². The van der Waals surface area contributed by atoms with Gasteiger partial charge in [-0.1, -0.05) is 0 Å². The Hall–Kier alpha value is -0.620. The lowest BCUT2D eigenvalue weighted by atomic mass is 10.1. The summed E-state index contributed by atoms with van der Waals surface area (Å²) in [7, 11) is -1.44. The Morgan fingerprint density at radius 2 is 2.06 bits per heavy atom. The van der Waals surface area contributed by atoms with Gasteiger partial charge in [0.25, 0.3) is 0 Å². The first-order chi connectivity index (χ1) is 7.11. The molecule has 1 rings (SSSR count). The average Bonchev–Trinajstić information content (AvgIpc) is 2.41. The third-order valence-corrected chi connectivity index (χ3v) is 4.35. The molecule has 1 N–H and O–H groups in total. The molecule has 1 aliphatic heterocycles. The van der Waals surface area contributed by atoms with Crippen molar-refractivity contribution < 1.29 is 18.3 Å². The van der Waals surface area contributed by atoms with Crippen molar-refractivity contribution in [3.63, 3.8) is 0 Å². The van der Waals surface area contributed by atoms with Gasteiger partial charge in [-0.2, -0.15) is 0 Å². The predicted molar refractivity (Wildman–Crippen MR) is 60.7 cm³/mol. The number of amides is 1. The number of nitrogens with zero attached hydrogens (tertiary/aromatic N) is 1. The number of hydrogen-bond acceptors (Lipinski definition) is 4.